The Balaban J connectivity index is 1.54. The van der Waals surface area contributed by atoms with Gasteiger partial charge in [0, 0.05) is 17.3 Å². The predicted octanol–water partition coefficient (Wildman–Crippen LogP) is 3.54. The average molecular weight is 546 g/mol. The van der Waals surface area contributed by atoms with Gasteiger partial charge in [0.15, 0.2) is 11.5 Å². The smallest absolute Gasteiger partial charge is 0.354 e. The quantitative estimate of drug-likeness (QED) is 0.291. The number of pyridine rings is 1. The minimum absolute atomic E-state index is 0.0372. The highest BCUT2D eigenvalue weighted by Gasteiger charge is 2.17. The lowest BCUT2D eigenvalue weighted by Gasteiger charge is -2.12. The Hall–Kier alpha value is -5.23. The molecule has 0 bridgehead atoms. The molecule has 0 spiro atoms. The van der Waals surface area contributed by atoms with Crippen LogP contribution in [0.25, 0.3) is 11.5 Å². The molecule has 13 heteroatoms. The number of ether oxygens (including phenoxy) is 1. The van der Waals surface area contributed by atoms with Gasteiger partial charge >= 0.3 is 5.97 Å². The maximum absolute atomic E-state index is 13.6. The molecule has 0 unspecified atom stereocenters. The molecule has 3 heterocycles. The normalized spacial score (nSPS) is 11.5. The Kier molecular flexibility index (Phi) is 6.93. The van der Waals surface area contributed by atoms with E-state index in [0.29, 0.717) is 22.3 Å². The fourth-order valence-electron chi connectivity index (χ4n) is 3.63. The minimum atomic E-state index is -1.16. The van der Waals surface area contributed by atoms with Crippen molar-refractivity contribution in [3.8, 4) is 23.1 Å². The van der Waals surface area contributed by atoms with Crippen molar-refractivity contribution in [3.63, 3.8) is 0 Å². The van der Waals surface area contributed by atoms with E-state index < -0.39 is 11.5 Å². The van der Waals surface area contributed by atoms with Crippen LogP contribution in [-0.2, 0) is 6.54 Å². The Morgan fingerprint density at radius 2 is 1.85 bits per heavy atom. The number of nitrogens with zero attached hydrogens (tertiary/aromatic N) is 6. The van der Waals surface area contributed by atoms with Crippen LogP contribution in [0.2, 0.25) is 5.02 Å². The topological polar surface area (TPSA) is 164 Å². The van der Waals surface area contributed by atoms with Gasteiger partial charge in [0.1, 0.15) is 11.3 Å². The second-order valence-electron chi connectivity index (χ2n) is 8.29. The van der Waals surface area contributed by atoms with Crippen LogP contribution >= 0.6 is 11.6 Å². The van der Waals surface area contributed by atoms with Gasteiger partial charge in [0.05, 0.1) is 12.2 Å². The van der Waals surface area contributed by atoms with Crippen molar-refractivity contribution >= 4 is 23.3 Å². The molecule has 0 saturated carbocycles. The first kappa shape index (κ1) is 25.4. The van der Waals surface area contributed by atoms with Crippen LogP contribution in [0.1, 0.15) is 21.9 Å². The third-order valence-electron chi connectivity index (χ3n) is 5.46. The monoisotopic (exact) mass is 545 g/mol. The summed E-state index contributed by atoms with van der Waals surface area (Å²) in [5.74, 6) is 6.09. The first-order valence-corrected chi connectivity index (χ1v) is 11.8. The minimum Gasteiger partial charge on any atom is -0.477 e. The first-order chi connectivity index (χ1) is 18.8. The van der Waals surface area contributed by atoms with Crippen molar-refractivity contribution in [2.24, 2.45) is 4.99 Å². The molecule has 0 radical (unpaired) electrons. The molecular weight excluding hydrogens is 526 g/mol. The van der Waals surface area contributed by atoms with Crippen LogP contribution in [0, 0.1) is 6.92 Å². The van der Waals surface area contributed by atoms with Crippen LogP contribution in [0.4, 0.5) is 5.69 Å². The Morgan fingerprint density at radius 1 is 1.10 bits per heavy atom. The van der Waals surface area contributed by atoms with E-state index in [4.69, 9.17) is 31.8 Å². The number of rotatable bonds is 7. The number of nitrogens with two attached hydrogens (primary N) is 1. The van der Waals surface area contributed by atoms with Gasteiger partial charge in [-0.15, -0.1) is 0 Å². The molecule has 0 atom stereocenters. The van der Waals surface area contributed by atoms with Crippen LogP contribution in [0.5, 0.6) is 11.6 Å². The molecule has 196 valence electrons. The van der Waals surface area contributed by atoms with E-state index >= 15 is 0 Å². The number of carbonyl (C=O) groups is 1. The van der Waals surface area contributed by atoms with Gasteiger partial charge in [-0.1, -0.05) is 35.0 Å². The van der Waals surface area contributed by atoms with E-state index in [1.807, 2.05) is 0 Å². The molecule has 39 heavy (non-hydrogen) atoms. The molecular formula is C26H20ClN7O5. The number of halogens is 1. The lowest BCUT2D eigenvalue weighted by Crippen LogP contribution is -2.44. The Morgan fingerprint density at radius 3 is 2.51 bits per heavy atom. The third-order valence-corrected chi connectivity index (χ3v) is 5.71. The number of hydrogen-bond acceptors (Lipinski definition) is 9. The number of carboxylic acids is 1. The molecule has 0 saturated heterocycles. The summed E-state index contributed by atoms with van der Waals surface area (Å²) in [6.07, 6.45) is 1.38. The summed E-state index contributed by atoms with van der Waals surface area (Å²) in [6, 6.07) is 18.1. The molecule has 5 rings (SSSR count). The van der Waals surface area contributed by atoms with E-state index in [0.717, 1.165) is 5.56 Å². The molecule has 3 aromatic heterocycles. The summed E-state index contributed by atoms with van der Waals surface area (Å²) >= 11 is 6.02. The van der Waals surface area contributed by atoms with E-state index in [1.54, 1.807) is 61.5 Å². The third kappa shape index (κ3) is 5.70. The van der Waals surface area contributed by atoms with Crippen molar-refractivity contribution in [2.45, 2.75) is 13.5 Å². The average Bonchev–Trinajstić information content (AvgIpc) is 3.36. The van der Waals surface area contributed by atoms with Crippen molar-refractivity contribution in [3.05, 3.63) is 111 Å². The number of carboxylic acid groups (broad SMARTS) is 1. The highest BCUT2D eigenvalue weighted by Crippen LogP contribution is 2.23. The highest BCUT2D eigenvalue weighted by molar-refractivity contribution is 6.30. The molecule has 5 aromatic rings. The van der Waals surface area contributed by atoms with Crippen LogP contribution in [-0.4, -0.2) is 35.4 Å². The second-order valence-corrected chi connectivity index (χ2v) is 8.72. The van der Waals surface area contributed by atoms with Crippen molar-refractivity contribution in [1.29, 1.82) is 0 Å². The van der Waals surface area contributed by atoms with Crippen LogP contribution in [0.3, 0.4) is 0 Å². The number of aryl methyl sites for hydroxylation is 1. The number of nitrogen functional groups attached to an aromatic ring is 1. The van der Waals surface area contributed by atoms with Crippen LogP contribution < -0.4 is 21.8 Å². The summed E-state index contributed by atoms with van der Waals surface area (Å²) in [5, 5.41) is 13.4. The van der Waals surface area contributed by atoms with Gasteiger partial charge < -0.3 is 20.2 Å². The molecule has 0 aliphatic carbocycles. The van der Waals surface area contributed by atoms with Crippen molar-refractivity contribution < 1.29 is 19.2 Å². The maximum Gasteiger partial charge on any atom is 0.354 e. The van der Waals surface area contributed by atoms with Gasteiger partial charge in [-0.05, 0) is 55.0 Å². The zero-order valence-electron chi connectivity index (χ0n) is 20.4. The summed E-state index contributed by atoms with van der Waals surface area (Å²) in [5.41, 5.74) is 0.962. The van der Waals surface area contributed by atoms with Gasteiger partial charge in [0.2, 0.25) is 11.5 Å². The molecule has 3 N–H and O–H groups in total. The first-order valence-electron chi connectivity index (χ1n) is 11.5. The largest absolute Gasteiger partial charge is 0.477 e. The van der Waals surface area contributed by atoms with Crippen molar-refractivity contribution in [1.82, 2.24) is 24.4 Å². The molecule has 0 amide bonds. The zero-order chi connectivity index (χ0) is 27.5. The fraction of sp³-hybridized carbons (Fsp3) is 0.0769. The molecule has 12 nitrogen and oxygen atoms in total. The Labute approximate surface area is 225 Å². The van der Waals surface area contributed by atoms with Crippen LogP contribution in [0.15, 0.2) is 87.2 Å². The van der Waals surface area contributed by atoms with Gasteiger partial charge in [-0.25, -0.2) is 19.4 Å². The lowest BCUT2D eigenvalue weighted by atomic mass is 10.2. The summed E-state index contributed by atoms with van der Waals surface area (Å²) in [4.78, 5) is 37.4. The predicted molar refractivity (Wildman–Crippen MR) is 140 cm³/mol. The van der Waals surface area contributed by atoms with E-state index in [1.165, 1.54) is 27.6 Å². The number of benzene rings is 2. The van der Waals surface area contributed by atoms with E-state index in [9.17, 15) is 9.59 Å². The van der Waals surface area contributed by atoms with Gasteiger partial charge in [-0.3, -0.25) is 9.36 Å². The second kappa shape index (κ2) is 10.6. The highest BCUT2D eigenvalue weighted by atomic mass is 35.5. The number of aromatic nitrogens is 5. The summed E-state index contributed by atoms with van der Waals surface area (Å²) in [6.45, 7) is 1.78. The summed E-state index contributed by atoms with van der Waals surface area (Å²) in [7, 11) is 0. The molecule has 0 aliphatic heterocycles. The standard InChI is InChI=1S/C26H20ClN7O5/c1-15-29-23(39-32-15)20-14-34(28)26(33(24(20)35)13-16-5-7-17(27)8-6-16)30-18-9-11-19(12-10-18)38-22-4-2-3-21(31-22)25(36)37/h2-12,14H,13,28H2,1H3,(H,36,37)/b30-26-. The molecule has 0 aliphatic rings. The number of hydrogen-bond donors (Lipinski definition) is 2. The van der Waals surface area contributed by atoms with Gasteiger partial charge in [0.25, 0.3) is 11.4 Å². The van der Waals surface area contributed by atoms with Crippen molar-refractivity contribution in [2.75, 3.05) is 5.84 Å². The van der Waals surface area contributed by atoms with Gasteiger partial charge in [-0.2, -0.15) is 4.98 Å². The summed E-state index contributed by atoms with van der Waals surface area (Å²) < 4.78 is 13.5. The maximum atomic E-state index is 13.6. The lowest BCUT2D eigenvalue weighted by molar-refractivity contribution is 0.0689. The molecule has 2 aromatic carbocycles. The fourth-order valence-corrected chi connectivity index (χ4v) is 3.76. The zero-order valence-corrected chi connectivity index (χ0v) is 21.1. The SMILES string of the molecule is Cc1noc(-c2cn(N)/c(=N\c3ccc(Oc4cccc(C(=O)O)n4)cc3)n(Cc3ccc(Cl)cc3)c2=O)n1. The Bertz CT molecular complexity index is 1790. The van der Waals surface area contributed by atoms with E-state index in [2.05, 4.69) is 20.1 Å². The number of aromatic carboxylic acids is 1. The molecule has 0 fully saturated rings. The van der Waals surface area contributed by atoms with E-state index in [-0.39, 0.29) is 35.2 Å².